The molecule has 0 aromatic heterocycles. The summed E-state index contributed by atoms with van der Waals surface area (Å²) in [6, 6.07) is 26.0. The number of hydrogen-bond acceptors (Lipinski definition) is 0. The van der Waals surface area contributed by atoms with Gasteiger partial charge in [-0.3, -0.25) is 0 Å². The maximum atomic E-state index is 4.13. The van der Waals surface area contributed by atoms with Crippen molar-refractivity contribution < 1.29 is 0 Å². The summed E-state index contributed by atoms with van der Waals surface area (Å²) in [6.07, 6.45) is 3.38. The zero-order valence-corrected chi connectivity index (χ0v) is 23.7. The van der Waals surface area contributed by atoms with Crippen LogP contribution in [0.25, 0.3) is 27.5 Å². The molecule has 0 saturated heterocycles. The van der Waals surface area contributed by atoms with Gasteiger partial charge in [0.25, 0.3) is 0 Å². The summed E-state index contributed by atoms with van der Waals surface area (Å²) in [5, 5.41) is 2.76. The van der Waals surface area contributed by atoms with Gasteiger partial charge in [-0.2, -0.15) is 0 Å². The Balaban J connectivity index is 1.27. The smallest absolute Gasteiger partial charge is 0.0159 e. The van der Waals surface area contributed by atoms with Crippen LogP contribution in [0.4, 0.5) is 0 Å². The molecule has 0 amide bonds. The Labute approximate surface area is 228 Å². The van der Waals surface area contributed by atoms with Crippen LogP contribution in [0.1, 0.15) is 97.7 Å². The van der Waals surface area contributed by atoms with Gasteiger partial charge in [0.15, 0.2) is 0 Å². The highest BCUT2D eigenvalue weighted by atomic mass is 14.5. The van der Waals surface area contributed by atoms with Crippen LogP contribution in [0.5, 0.6) is 0 Å². The number of rotatable bonds is 4. The maximum absolute atomic E-state index is 4.13. The number of aryl methyl sites for hydroxylation is 1. The molecule has 38 heavy (non-hydrogen) atoms. The second kappa shape index (κ2) is 8.06. The first-order valence-electron chi connectivity index (χ1n) is 14.4. The van der Waals surface area contributed by atoms with Gasteiger partial charge in [0.2, 0.25) is 0 Å². The van der Waals surface area contributed by atoms with E-state index in [2.05, 4.69) is 121 Å². The van der Waals surface area contributed by atoms with Crippen LogP contribution in [0.3, 0.4) is 0 Å². The number of benzene rings is 4. The Bertz CT molecular complexity index is 1690. The first-order valence-corrected chi connectivity index (χ1v) is 14.4. The number of fused-ring (bicyclic) bond motifs is 8. The SMILES string of the molecule is C=CC1=C(C)C2CC2c2cc(C(C)C(C)c3ccc4c(c3)C(C)(C)c3cc(C)c5ccccc5c3-4)ccc21. The average molecular weight is 495 g/mol. The fourth-order valence-electron chi connectivity index (χ4n) is 7.76. The van der Waals surface area contributed by atoms with Crippen LogP contribution in [0.2, 0.25) is 0 Å². The van der Waals surface area contributed by atoms with Crippen molar-refractivity contribution in [2.24, 2.45) is 5.92 Å². The summed E-state index contributed by atoms with van der Waals surface area (Å²) >= 11 is 0. The summed E-state index contributed by atoms with van der Waals surface area (Å²) in [4.78, 5) is 0. The van der Waals surface area contributed by atoms with Crippen molar-refractivity contribution in [3.8, 4) is 11.1 Å². The molecule has 0 spiro atoms. The Morgan fingerprint density at radius 3 is 2.16 bits per heavy atom. The van der Waals surface area contributed by atoms with Gasteiger partial charge < -0.3 is 0 Å². The highest BCUT2D eigenvalue weighted by Crippen LogP contribution is 2.59. The van der Waals surface area contributed by atoms with E-state index in [1.807, 2.05) is 0 Å². The normalized spacial score (nSPS) is 21.8. The first-order chi connectivity index (χ1) is 18.2. The molecule has 1 fully saturated rings. The maximum Gasteiger partial charge on any atom is 0.0159 e. The second-order valence-corrected chi connectivity index (χ2v) is 12.8. The van der Waals surface area contributed by atoms with Crippen LogP contribution in [0.15, 0.2) is 85.0 Å². The van der Waals surface area contributed by atoms with Crippen LogP contribution in [0, 0.1) is 12.8 Å². The van der Waals surface area contributed by atoms with Crippen LogP contribution < -0.4 is 0 Å². The second-order valence-electron chi connectivity index (χ2n) is 12.8. The van der Waals surface area contributed by atoms with Gasteiger partial charge in [0.05, 0.1) is 0 Å². The van der Waals surface area contributed by atoms with E-state index in [1.165, 1.54) is 72.8 Å². The molecule has 0 bridgehead atoms. The van der Waals surface area contributed by atoms with Crippen molar-refractivity contribution in [3.63, 3.8) is 0 Å². The Morgan fingerprint density at radius 2 is 1.45 bits per heavy atom. The van der Waals surface area contributed by atoms with Gasteiger partial charge in [0, 0.05) is 5.41 Å². The molecule has 4 aromatic rings. The molecule has 0 heteroatoms. The molecule has 3 aliphatic carbocycles. The summed E-state index contributed by atoms with van der Waals surface area (Å²) in [7, 11) is 0. The Morgan fingerprint density at radius 1 is 0.789 bits per heavy atom. The molecule has 0 heterocycles. The minimum absolute atomic E-state index is 0.00346. The molecule has 4 atom stereocenters. The van der Waals surface area contributed by atoms with Crippen molar-refractivity contribution in [2.45, 2.75) is 71.1 Å². The Kier molecular flexibility index (Phi) is 5.03. The molecule has 4 aromatic carbocycles. The number of allylic oxidation sites excluding steroid dienone is 3. The third-order valence-electron chi connectivity index (χ3n) is 10.5. The van der Waals surface area contributed by atoms with Gasteiger partial charge in [0.1, 0.15) is 0 Å². The van der Waals surface area contributed by atoms with Crippen molar-refractivity contribution in [1.82, 2.24) is 0 Å². The van der Waals surface area contributed by atoms with Crippen molar-refractivity contribution >= 4 is 16.3 Å². The Hall–Kier alpha value is -3.38. The standard InChI is InChI=1S/C38H38/c1-8-27-24(5)32-20-34(32)33-18-25(13-15-29(27)33)22(3)23(4)26-14-16-31-35(19-26)38(6,7)36-17-21(2)28-11-9-10-12-30(28)37(31)36/h8-19,22-23,32,34H,1,20H2,2-7H3. The summed E-state index contributed by atoms with van der Waals surface area (Å²) in [5.74, 6) is 2.34. The van der Waals surface area contributed by atoms with E-state index in [0.717, 1.165) is 5.92 Å². The van der Waals surface area contributed by atoms with Crippen LogP contribution >= 0.6 is 0 Å². The lowest BCUT2D eigenvalue weighted by molar-refractivity contribution is 0.615. The molecule has 190 valence electrons. The molecule has 3 aliphatic rings. The van der Waals surface area contributed by atoms with E-state index in [1.54, 1.807) is 5.56 Å². The topological polar surface area (TPSA) is 0 Å². The largest absolute Gasteiger partial charge is 0.0984 e. The highest BCUT2D eigenvalue weighted by Gasteiger charge is 2.45. The summed E-state index contributed by atoms with van der Waals surface area (Å²) in [6.45, 7) is 18.3. The molecule has 0 aliphatic heterocycles. The predicted molar refractivity (Wildman–Crippen MR) is 163 cm³/mol. The van der Waals surface area contributed by atoms with E-state index in [-0.39, 0.29) is 5.41 Å². The third kappa shape index (κ3) is 3.16. The monoisotopic (exact) mass is 494 g/mol. The van der Waals surface area contributed by atoms with Gasteiger partial charge in [-0.15, -0.1) is 0 Å². The van der Waals surface area contributed by atoms with Crippen LogP contribution in [-0.2, 0) is 5.41 Å². The summed E-state index contributed by atoms with van der Waals surface area (Å²) < 4.78 is 0. The molecule has 0 nitrogen and oxygen atoms in total. The minimum atomic E-state index is -0.00346. The molecule has 1 saturated carbocycles. The van der Waals surface area contributed by atoms with Gasteiger partial charge in [-0.05, 0) is 110 Å². The van der Waals surface area contributed by atoms with E-state index >= 15 is 0 Å². The van der Waals surface area contributed by atoms with E-state index < -0.39 is 0 Å². The average Bonchev–Trinajstić information content (AvgIpc) is 3.70. The van der Waals surface area contributed by atoms with E-state index in [9.17, 15) is 0 Å². The van der Waals surface area contributed by atoms with Gasteiger partial charge in [-0.1, -0.05) is 113 Å². The lowest BCUT2D eigenvalue weighted by Crippen LogP contribution is -2.16. The lowest BCUT2D eigenvalue weighted by atomic mass is 9.77. The molecule has 0 radical (unpaired) electrons. The van der Waals surface area contributed by atoms with E-state index in [4.69, 9.17) is 0 Å². The molecular weight excluding hydrogens is 456 g/mol. The third-order valence-corrected chi connectivity index (χ3v) is 10.5. The zero-order valence-electron chi connectivity index (χ0n) is 23.7. The van der Waals surface area contributed by atoms with Crippen molar-refractivity contribution in [1.29, 1.82) is 0 Å². The molecule has 7 rings (SSSR count). The molecule has 0 N–H and O–H groups in total. The first kappa shape index (κ1) is 23.7. The zero-order chi connectivity index (χ0) is 26.5. The molecular formula is C38H38. The minimum Gasteiger partial charge on any atom is -0.0984 e. The lowest BCUT2D eigenvalue weighted by Gasteiger charge is -2.27. The number of hydrogen-bond donors (Lipinski definition) is 0. The van der Waals surface area contributed by atoms with Crippen molar-refractivity contribution in [2.75, 3.05) is 0 Å². The predicted octanol–water partition coefficient (Wildman–Crippen LogP) is 10.4. The highest BCUT2D eigenvalue weighted by molar-refractivity contribution is 6.03. The summed E-state index contributed by atoms with van der Waals surface area (Å²) in [5.41, 5.74) is 16.0. The van der Waals surface area contributed by atoms with Gasteiger partial charge >= 0.3 is 0 Å². The fourth-order valence-corrected chi connectivity index (χ4v) is 7.76. The van der Waals surface area contributed by atoms with E-state index in [0.29, 0.717) is 17.8 Å². The molecule has 4 unspecified atom stereocenters. The van der Waals surface area contributed by atoms with Gasteiger partial charge in [-0.25, -0.2) is 0 Å². The fraction of sp³-hybridized carbons (Fsp3) is 0.316. The van der Waals surface area contributed by atoms with Crippen LogP contribution in [-0.4, -0.2) is 0 Å². The quantitative estimate of drug-likeness (QED) is 0.265. The van der Waals surface area contributed by atoms with Crippen molar-refractivity contribution in [3.05, 3.63) is 124 Å².